The van der Waals surface area contributed by atoms with E-state index < -0.39 is 15.9 Å². The van der Waals surface area contributed by atoms with Gasteiger partial charge in [0.2, 0.25) is 10.0 Å². The Morgan fingerprint density at radius 2 is 1.93 bits per heavy atom. The summed E-state index contributed by atoms with van der Waals surface area (Å²) in [7, 11) is -1.98. The third kappa shape index (κ3) is 6.30. The zero-order chi connectivity index (χ0) is 28.6. The van der Waals surface area contributed by atoms with Gasteiger partial charge in [-0.25, -0.2) is 13.1 Å². The lowest BCUT2D eigenvalue weighted by Crippen LogP contribution is -2.45. The van der Waals surface area contributed by atoms with E-state index in [9.17, 15) is 13.2 Å². The van der Waals surface area contributed by atoms with Crippen molar-refractivity contribution in [2.75, 3.05) is 30.9 Å². The van der Waals surface area contributed by atoms with E-state index in [4.69, 9.17) is 21.1 Å². The number of anilines is 1. The molecule has 0 saturated heterocycles. The number of nitrogens with one attached hydrogen (secondary N) is 1. The third-order valence-corrected chi connectivity index (χ3v) is 11.1. The van der Waals surface area contributed by atoms with Gasteiger partial charge in [-0.2, -0.15) is 0 Å². The van der Waals surface area contributed by atoms with Crippen molar-refractivity contribution < 1.29 is 22.7 Å². The van der Waals surface area contributed by atoms with Gasteiger partial charge in [0.05, 0.1) is 17.5 Å². The number of hydrogen-bond acceptors (Lipinski definition) is 6. The largest absolute Gasteiger partial charge is 0.487 e. The molecule has 2 aliphatic carbocycles. The number of methoxy groups -OCH3 is 1. The lowest BCUT2D eigenvalue weighted by molar-refractivity contribution is 0.00348. The van der Waals surface area contributed by atoms with Crippen molar-refractivity contribution >= 4 is 33.2 Å². The van der Waals surface area contributed by atoms with Crippen molar-refractivity contribution in [1.29, 1.82) is 0 Å². The summed E-state index contributed by atoms with van der Waals surface area (Å²) in [6.07, 6.45) is 9.71. The normalized spacial score (nSPS) is 28.1. The zero-order valence-electron chi connectivity index (χ0n) is 23.6. The molecule has 2 unspecified atom stereocenters. The van der Waals surface area contributed by atoms with E-state index in [1.54, 1.807) is 13.2 Å². The summed E-state index contributed by atoms with van der Waals surface area (Å²) in [5.74, 6) is 0.894. The second-order valence-electron chi connectivity index (χ2n) is 12.1. The first-order valence-electron chi connectivity index (χ1n) is 14.9. The van der Waals surface area contributed by atoms with Crippen molar-refractivity contribution in [3.05, 3.63) is 69.8 Å². The standard InChI is InChI=1S/C32H39ClN2O5S/c1-39-31-22-7-5-21(6-8-22)20-41(37,38)34-32(36)24-11-14-30-29(17-24)35(18-25-10-13-28(25)31)15-3-2-4-23-16-27(33)12-9-26(23)19-40-30/h7,9,11-12,14,16-17,21,25,28,31H,2-6,8,10,13,15,18-20H2,1H3,(H,34,36)/t21?,25-,28+,31?/m0/s1. The monoisotopic (exact) mass is 598 g/mol. The van der Waals surface area contributed by atoms with Crippen LogP contribution < -0.4 is 14.4 Å². The second-order valence-corrected chi connectivity index (χ2v) is 14.3. The number of hydrogen-bond donors (Lipinski definition) is 1. The van der Waals surface area contributed by atoms with Crippen LogP contribution in [0.3, 0.4) is 0 Å². The highest BCUT2D eigenvalue weighted by Gasteiger charge is 2.41. The fourth-order valence-corrected chi connectivity index (χ4v) is 8.66. The molecule has 41 heavy (non-hydrogen) atoms. The van der Waals surface area contributed by atoms with Gasteiger partial charge in [-0.3, -0.25) is 4.79 Å². The molecule has 1 amide bonds. The van der Waals surface area contributed by atoms with Crippen LogP contribution in [0.4, 0.5) is 5.69 Å². The van der Waals surface area contributed by atoms with Gasteiger partial charge >= 0.3 is 0 Å². The molecule has 5 aliphatic rings. The smallest absolute Gasteiger partial charge is 0.264 e. The number of ether oxygens (including phenoxy) is 2. The Hall–Kier alpha value is -2.55. The first-order valence-corrected chi connectivity index (χ1v) is 16.9. The molecular formula is C32H39ClN2O5S. The van der Waals surface area contributed by atoms with Crippen molar-refractivity contribution in [3.63, 3.8) is 0 Å². The van der Waals surface area contributed by atoms with Crippen LogP contribution in [-0.4, -0.2) is 46.4 Å². The second kappa shape index (κ2) is 12.0. The molecule has 1 saturated carbocycles. The van der Waals surface area contributed by atoms with Gasteiger partial charge < -0.3 is 14.4 Å². The lowest BCUT2D eigenvalue weighted by Gasteiger charge is -2.45. The van der Waals surface area contributed by atoms with Crippen LogP contribution >= 0.6 is 11.6 Å². The maximum absolute atomic E-state index is 13.3. The van der Waals surface area contributed by atoms with Gasteiger partial charge in [-0.05, 0) is 116 Å². The molecule has 220 valence electrons. The minimum atomic E-state index is -3.79. The molecule has 7 rings (SSSR count). The molecule has 1 fully saturated rings. The SMILES string of the molecule is COC1C2=CCC(CC2)CS(=O)(=O)NC(=O)c2ccc3c(c2)N(CCCCc2cc(Cl)ccc2CO3)C[C@@H]2CC[C@@H]12. The van der Waals surface area contributed by atoms with Crippen LogP contribution in [0.25, 0.3) is 0 Å². The van der Waals surface area contributed by atoms with E-state index in [0.717, 1.165) is 74.3 Å². The number of fused-ring (bicyclic) bond motifs is 6. The Balaban J connectivity index is 1.39. The predicted molar refractivity (Wildman–Crippen MR) is 161 cm³/mol. The van der Waals surface area contributed by atoms with Crippen molar-refractivity contribution in [1.82, 2.24) is 4.72 Å². The highest BCUT2D eigenvalue weighted by Crippen LogP contribution is 2.44. The summed E-state index contributed by atoms with van der Waals surface area (Å²) in [5.41, 5.74) is 4.75. The minimum Gasteiger partial charge on any atom is -0.487 e. The molecule has 3 heterocycles. The molecule has 0 aromatic heterocycles. The van der Waals surface area contributed by atoms with E-state index in [-0.39, 0.29) is 17.8 Å². The summed E-state index contributed by atoms with van der Waals surface area (Å²) in [6, 6.07) is 11.2. The maximum Gasteiger partial charge on any atom is 0.264 e. The summed E-state index contributed by atoms with van der Waals surface area (Å²) in [6.45, 7) is 2.03. The Labute approximate surface area is 248 Å². The van der Waals surface area contributed by atoms with E-state index in [1.165, 1.54) is 11.1 Å². The fraction of sp³-hybridized carbons (Fsp3) is 0.531. The molecule has 4 bridgehead atoms. The number of amides is 1. The van der Waals surface area contributed by atoms with Crippen LogP contribution in [0.2, 0.25) is 5.02 Å². The van der Waals surface area contributed by atoms with E-state index in [2.05, 4.69) is 15.7 Å². The van der Waals surface area contributed by atoms with Crippen molar-refractivity contribution in [2.45, 2.75) is 64.1 Å². The molecule has 1 N–H and O–H groups in total. The Bertz CT molecular complexity index is 1440. The van der Waals surface area contributed by atoms with E-state index >= 15 is 0 Å². The Morgan fingerprint density at radius 3 is 2.68 bits per heavy atom. The predicted octanol–water partition coefficient (Wildman–Crippen LogP) is 5.90. The molecule has 2 aromatic rings. The molecule has 3 aliphatic heterocycles. The molecular weight excluding hydrogens is 560 g/mol. The number of nitrogens with zero attached hydrogens (tertiary/aromatic N) is 1. The first kappa shape index (κ1) is 28.6. The van der Waals surface area contributed by atoms with Gasteiger partial charge in [0.25, 0.3) is 5.91 Å². The van der Waals surface area contributed by atoms with Crippen LogP contribution in [0.1, 0.15) is 66.4 Å². The number of aryl methyl sites for hydroxylation is 1. The maximum atomic E-state index is 13.3. The quantitative estimate of drug-likeness (QED) is 0.411. The average Bonchev–Trinajstić information content (AvgIpc) is 2.96. The number of rotatable bonds is 1. The summed E-state index contributed by atoms with van der Waals surface area (Å²) in [5, 5.41) is 0.725. The third-order valence-electron chi connectivity index (χ3n) is 9.43. The Morgan fingerprint density at radius 1 is 1.05 bits per heavy atom. The van der Waals surface area contributed by atoms with Gasteiger partial charge in [0, 0.05) is 30.8 Å². The van der Waals surface area contributed by atoms with Crippen LogP contribution in [0, 0.1) is 17.8 Å². The average molecular weight is 599 g/mol. The first-order chi connectivity index (χ1) is 19.8. The number of sulfonamides is 1. The van der Waals surface area contributed by atoms with Gasteiger partial charge in [-0.1, -0.05) is 23.7 Å². The number of carbonyl (C=O) groups is 1. The topological polar surface area (TPSA) is 84.9 Å². The highest BCUT2D eigenvalue weighted by atomic mass is 35.5. The summed E-state index contributed by atoms with van der Waals surface area (Å²) < 4.78 is 40.9. The molecule has 2 aromatic carbocycles. The minimum absolute atomic E-state index is 0.0132. The fourth-order valence-electron chi connectivity index (χ4n) is 7.05. The van der Waals surface area contributed by atoms with Gasteiger partial charge in [0.15, 0.2) is 0 Å². The van der Waals surface area contributed by atoms with Crippen LogP contribution in [0.5, 0.6) is 5.75 Å². The van der Waals surface area contributed by atoms with Crippen LogP contribution in [-0.2, 0) is 27.8 Å². The number of allylic oxidation sites excluding steroid dienone is 1. The zero-order valence-corrected chi connectivity index (χ0v) is 25.2. The van der Waals surface area contributed by atoms with E-state index in [0.29, 0.717) is 36.2 Å². The summed E-state index contributed by atoms with van der Waals surface area (Å²) in [4.78, 5) is 15.6. The highest BCUT2D eigenvalue weighted by molar-refractivity contribution is 7.90. The number of halogens is 1. The van der Waals surface area contributed by atoms with E-state index in [1.807, 2.05) is 30.3 Å². The Kier molecular flexibility index (Phi) is 8.35. The van der Waals surface area contributed by atoms with Gasteiger partial charge in [0.1, 0.15) is 12.4 Å². The van der Waals surface area contributed by atoms with Crippen molar-refractivity contribution in [3.8, 4) is 5.75 Å². The number of benzene rings is 2. The molecule has 0 radical (unpaired) electrons. The summed E-state index contributed by atoms with van der Waals surface area (Å²) >= 11 is 6.32. The molecule has 7 nitrogen and oxygen atoms in total. The molecule has 0 spiro atoms. The van der Waals surface area contributed by atoms with Gasteiger partial charge in [-0.15, -0.1) is 0 Å². The molecule has 9 heteroatoms. The number of carbonyl (C=O) groups excluding carboxylic acids is 1. The van der Waals surface area contributed by atoms with Crippen molar-refractivity contribution in [2.24, 2.45) is 17.8 Å². The molecule has 4 atom stereocenters. The van der Waals surface area contributed by atoms with Crippen LogP contribution in [0.15, 0.2) is 48.0 Å². The lowest BCUT2D eigenvalue weighted by atomic mass is 9.67.